The van der Waals surface area contributed by atoms with E-state index in [1.165, 1.54) is 6.42 Å². The summed E-state index contributed by atoms with van der Waals surface area (Å²) in [6.07, 6.45) is 2.33. The van der Waals surface area contributed by atoms with Gasteiger partial charge in [0.05, 0.1) is 6.61 Å². The molecule has 0 spiro atoms. The molecule has 0 aromatic rings. The van der Waals surface area contributed by atoms with Crippen molar-refractivity contribution in [3.63, 3.8) is 0 Å². The van der Waals surface area contributed by atoms with Crippen LogP contribution in [0.1, 0.15) is 26.7 Å². The van der Waals surface area contributed by atoms with E-state index in [1.807, 2.05) is 0 Å². The molecule has 0 bridgehead atoms. The molecule has 1 fully saturated rings. The van der Waals surface area contributed by atoms with Gasteiger partial charge in [-0.1, -0.05) is 13.3 Å². The first-order valence-corrected chi connectivity index (χ1v) is 5.20. The maximum atomic E-state index is 11.7. The molecule has 1 aliphatic rings. The number of hydrogen-bond acceptors (Lipinski definition) is 3. The number of carbonyl (C=O) groups is 1. The highest BCUT2D eigenvalue weighted by atomic mass is 16.3. The standard InChI is InChI=1S/C10H20N2O2/c1-3-4-8-5-12(6-8)9(14)10(2,11)7-13/h8,13H,3-7,11H2,1-2H3. The van der Waals surface area contributed by atoms with Crippen molar-refractivity contribution in [3.05, 3.63) is 0 Å². The first-order chi connectivity index (χ1) is 6.51. The minimum atomic E-state index is -1.10. The maximum Gasteiger partial charge on any atom is 0.244 e. The van der Waals surface area contributed by atoms with Crippen LogP contribution in [0.2, 0.25) is 0 Å². The predicted molar refractivity (Wildman–Crippen MR) is 54.7 cm³/mol. The van der Waals surface area contributed by atoms with Crippen LogP contribution in [0.4, 0.5) is 0 Å². The Balaban J connectivity index is 2.36. The molecule has 1 aliphatic heterocycles. The lowest BCUT2D eigenvalue weighted by Gasteiger charge is -2.42. The molecule has 0 aromatic heterocycles. The summed E-state index contributed by atoms with van der Waals surface area (Å²) in [5.41, 5.74) is 4.55. The fraction of sp³-hybridized carbons (Fsp3) is 0.900. The van der Waals surface area contributed by atoms with Gasteiger partial charge in [0.25, 0.3) is 0 Å². The van der Waals surface area contributed by atoms with E-state index in [0.29, 0.717) is 5.92 Å². The van der Waals surface area contributed by atoms with Crippen molar-refractivity contribution >= 4 is 5.91 Å². The summed E-state index contributed by atoms with van der Waals surface area (Å²) in [7, 11) is 0. The van der Waals surface area contributed by atoms with E-state index in [0.717, 1.165) is 19.5 Å². The topological polar surface area (TPSA) is 66.6 Å². The van der Waals surface area contributed by atoms with E-state index in [1.54, 1.807) is 11.8 Å². The van der Waals surface area contributed by atoms with Crippen LogP contribution in [0.3, 0.4) is 0 Å². The second kappa shape index (κ2) is 4.28. The number of aliphatic hydroxyl groups is 1. The van der Waals surface area contributed by atoms with Crippen LogP contribution in [-0.4, -0.2) is 41.1 Å². The van der Waals surface area contributed by atoms with Gasteiger partial charge in [-0.05, 0) is 19.3 Å². The van der Waals surface area contributed by atoms with Gasteiger partial charge in [-0.2, -0.15) is 0 Å². The summed E-state index contributed by atoms with van der Waals surface area (Å²) in [5, 5.41) is 8.93. The quantitative estimate of drug-likeness (QED) is 0.669. The molecule has 1 atom stereocenters. The van der Waals surface area contributed by atoms with Gasteiger partial charge < -0.3 is 15.7 Å². The molecule has 1 unspecified atom stereocenters. The minimum absolute atomic E-state index is 0.132. The van der Waals surface area contributed by atoms with Gasteiger partial charge in [0.2, 0.25) is 5.91 Å². The number of hydrogen-bond donors (Lipinski definition) is 2. The molecule has 4 nitrogen and oxygen atoms in total. The lowest BCUT2D eigenvalue weighted by molar-refractivity contribution is -0.144. The summed E-state index contributed by atoms with van der Waals surface area (Å²) in [6.45, 7) is 5.04. The minimum Gasteiger partial charge on any atom is -0.394 e. The summed E-state index contributed by atoms with van der Waals surface area (Å²) in [4.78, 5) is 13.4. The molecule has 3 N–H and O–H groups in total. The average Bonchev–Trinajstić information content (AvgIpc) is 2.09. The Morgan fingerprint density at radius 1 is 1.64 bits per heavy atom. The second-order valence-electron chi connectivity index (χ2n) is 4.44. The van der Waals surface area contributed by atoms with E-state index in [9.17, 15) is 4.79 Å². The van der Waals surface area contributed by atoms with Gasteiger partial charge in [0, 0.05) is 13.1 Å². The molecule has 1 heterocycles. The molecule has 1 rings (SSSR count). The van der Waals surface area contributed by atoms with Crippen molar-refractivity contribution in [1.29, 1.82) is 0 Å². The number of likely N-dealkylation sites (tertiary alicyclic amines) is 1. The van der Waals surface area contributed by atoms with Gasteiger partial charge in [0.1, 0.15) is 5.54 Å². The first-order valence-electron chi connectivity index (χ1n) is 5.20. The molecule has 1 amide bonds. The summed E-state index contributed by atoms with van der Waals surface area (Å²) >= 11 is 0. The fourth-order valence-electron chi connectivity index (χ4n) is 1.76. The Bertz CT molecular complexity index is 210. The highest BCUT2D eigenvalue weighted by Gasteiger charge is 2.38. The zero-order valence-electron chi connectivity index (χ0n) is 8.99. The van der Waals surface area contributed by atoms with Crippen molar-refractivity contribution in [2.45, 2.75) is 32.2 Å². The van der Waals surface area contributed by atoms with Gasteiger partial charge in [-0.25, -0.2) is 0 Å². The predicted octanol–water partition coefficient (Wildman–Crippen LogP) is -0.0454. The number of rotatable bonds is 4. The Morgan fingerprint density at radius 2 is 2.21 bits per heavy atom. The fourth-order valence-corrected chi connectivity index (χ4v) is 1.76. The zero-order valence-corrected chi connectivity index (χ0v) is 8.99. The maximum absolute atomic E-state index is 11.7. The smallest absolute Gasteiger partial charge is 0.244 e. The van der Waals surface area contributed by atoms with Crippen LogP contribution in [0.25, 0.3) is 0 Å². The molecule has 14 heavy (non-hydrogen) atoms. The van der Waals surface area contributed by atoms with E-state index in [-0.39, 0.29) is 12.5 Å². The second-order valence-corrected chi connectivity index (χ2v) is 4.44. The monoisotopic (exact) mass is 200 g/mol. The van der Waals surface area contributed by atoms with Crippen LogP contribution in [-0.2, 0) is 4.79 Å². The molecule has 82 valence electrons. The molecular formula is C10H20N2O2. The lowest BCUT2D eigenvalue weighted by Crippen LogP contribution is -2.61. The van der Waals surface area contributed by atoms with Gasteiger partial charge in [-0.15, -0.1) is 0 Å². The van der Waals surface area contributed by atoms with Crippen LogP contribution in [0, 0.1) is 5.92 Å². The van der Waals surface area contributed by atoms with Crippen LogP contribution in [0.5, 0.6) is 0 Å². The normalized spacial score (nSPS) is 21.6. The summed E-state index contributed by atoms with van der Waals surface area (Å²) in [6, 6.07) is 0. The molecule has 4 heteroatoms. The third-order valence-corrected chi connectivity index (χ3v) is 2.76. The zero-order chi connectivity index (χ0) is 10.8. The summed E-state index contributed by atoms with van der Waals surface area (Å²) in [5.74, 6) is 0.505. The largest absolute Gasteiger partial charge is 0.394 e. The molecule has 1 saturated heterocycles. The SMILES string of the molecule is CCCC1CN(C(=O)C(C)(N)CO)C1. The van der Waals surface area contributed by atoms with Crippen molar-refractivity contribution in [3.8, 4) is 0 Å². The third-order valence-electron chi connectivity index (χ3n) is 2.76. The molecule has 0 aromatic carbocycles. The first kappa shape index (κ1) is 11.5. The van der Waals surface area contributed by atoms with Crippen molar-refractivity contribution in [2.75, 3.05) is 19.7 Å². The highest BCUT2D eigenvalue weighted by Crippen LogP contribution is 2.22. The van der Waals surface area contributed by atoms with E-state index in [4.69, 9.17) is 10.8 Å². The van der Waals surface area contributed by atoms with Crippen LogP contribution in [0.15, 0.2) is 0 Å². The molecular weight excluding hydrogens is 180 g/mol. The number of nitrogens with two attached hydrogens (primary N) is 1. The number of carbonyl (C=O) groups excluding carboxylic acids is 1. The van der Waals surface area contributed by atoms with E-state index >= 15 is 0 Å². The molecule has 0 radical (unpaired) electrons. The Morgan fingerprint density at radius 3 is 2.64 bits per heavy atom. The van der Waals surface area contributed by atoms with Gasteiger partial charge in [-0.3, -0.25) is 4.79 Å². The Kier molecular flexibility index (Phi) is 3.50. The molecule has 0 aliphatic carbocycles. The number of amides is 1. The molecule has 0 saturated carbocycles. The van der Waals surface area contributed by atoms with Crippen molar-refractivity contribution in [2.24, 2.45) is 11.7 Å². The van der Waals surface area contributed by atoms with Crippen LogP contribution >= 0.6 is 0 Å². The average molecular weight is 200 g/mol. The van der Waals surface area contributed by atoms with Crippen molar-refractivity contribution < 1.29 is 9.90 Å². The third kappa shape index (κ3) is 2.25. The number of aliphatic hydroxyl groups excluding tert-OH is 1. The van der Waals surface area contributed by atoms with E-state index in [2.05, 4.69) is 6.92 Å². The van der Waals surface area contributed by atoms with Gasteiger partial charge in [0.15, 0.2) is 0 Å². The van der Waals surface area contributed by atoms with Crippen molar-refractivity contribution in [1.82, 2.24) is 4.90 Å². The number of nitrogens with zero attached hydrogens (tertiary/aromatic N) is 1. The Hall–Kier alpha value is -0.610. The van der Waals surface area contributed by atoms with E-state index < -0.39 is 5.54 Å². The lowest BCUT2D eigenvalue weighted by atomic mass is 9.92. The van der Waals surface area contributed by atoms with Gasteiger partial charge >= 0.3 is 0 Å². The van der Waals surface area contributed by atoms with Crippen LogP contribution < -0.4 is 5.73 Å². The highest BCUT2D eigenvalue weighted by molar-refractivity contribution is 5.86. The Labute approximate surface area is 85.1 Å². The summed E-state index contributed by atoms with van der Waals surface area (Å²) < 4.78 is 0.